The molecule has 0 bridgehead atoms. The molecule has 0 heterocycles. The first-order valence-corrected chi connectivity index (χ1v) is 7.95. The number of aliphatic hydroxyl groups excluding tert-OH is 3. The molecule has 0 aromatic rings. The third-order valence-corrected chi connectivity index (χ3v) is 3.44. The van der Waals surface area contributed by atoms with Crippen LogP contribution in [-0.4, -0.2) is 34.1 Å². The van der Waals surface area contributed by atoms with Crippen LogP contribution in [0, 0.1) is 0 Å². The third kappa shape index (κ3) is 13.8. The summed E-state index contributed by atoms with van der Waals surface area (Å²) in [4.78, 5) is 0. The average Bonchev–Trinajstić information content (AvgIpc) is 2.44. The summed E-state index contributed by atoms with van der Waals surface area (Å²) < 4.78 is 0. The molecule has 2 unspecified atom stereocenters. The number of aliphatic hydroxyl groups is 3. The van der Waals surface area contributed by atoms with Gasteiger partial charge in [-0.2, -0.15) is 0 Å². The van der Waals surface area contributed by atoms with Crippen LogP contribution in [0.25, 0.3) is 0 Å². The van der Waals surface area contributed by atoms with Crippen molar-refractivity contribution in [2.75, 3.05) is 6.61 Å². The van der Waals surface area contributed by atoms with Gasteiger partial charge in [-0.1, -0.05) is 63.3 Å². The molecule has 0 saturated carbocycles. The fourth-order valence-electron chi connectivity index (χ4n) is 2.22. The van der Waals surface area contributed by atoms with Gasteiger partial charge in [0.25, 0.3) is 0 Å². The van der Waals surface area contributed by atoms with Crippen molar-refractivity contribution in [1.82, 2.24) is 0 Å². The molecular weight excluding hydrogens is 252 g/mol. The summed E-state index contributed by atoms with van der Waals surface area (Å²) in [5.41, 5.74) is 0. The molecular formula is C17H32O3. The summed E-state index contributed by atoms with van der Waals surface area (Å²) >= 11 is 0. The van der Waals surface area contributed by atoms with Crippen LogP contribution >= 0.6 is 0 Å². The Labute approximate surface area is 124 Å². The van der Waals surface area contributed by atoms with Gasteiger partial charge in [0.2, 0.25) is 0 Å². The molecule has 0 fully saturated rings. The van der Waals surface area contributed by atoms with Gasteiger partial charge in [-0.3, -0.25) is 0 Å². The zero-order valence-electron chi connectivity index (χ0n) is 12.7. The van der Waals surface area contributed by atoms with E-state index < -0.39 is 12.2 Å². The van der Waals surface area contributed by atoms with Crippen molar-refractivity contribution in [3.05, 3.63) is 24.8 Å². The van der Waals surface area contributed by atoms with E-state index in [0.29, 0.717) is 0 Å². The minimum Gasteiger partial charge on any atom is -0.394 e. The molecule has 0 radical (unpaired) electrons. The van der Waals surface area contributed by atoms with Gasteiger partial charge in [0.05, 0.1) is 18.8 Å². The minimum atomic E-state index is -0.778. The van der Waals surface area contributed by atoms with Crippen LogP contribution in [0.3, 0.4) is 0 Å². The highest BCUT2D eigenvalue weighted by molar-refractivity contribution is 4.96. The summed E-state index contributed by atoms with van der Waals surface area (Å²) in [6, 6.07) is 0. The van der Waals surface area contributed by atoms with Gasteiger partial charge < -0.3 is 15.3 Å². The van der Waals surface area contributed by atoms with Gasteiger partial charge in [-0.05, 0) is 19.3 Å². The lowest BCUT2D eigenvalue weighted by Gasteiger charge is -2.13. The zero-order chi connectivity index (χ0) is 15.1. The molecule has 0 aliphatic rings. The molecule has 3 N–H and O–H groups in total. The molecule has 118 valence electrons. The Kier molecular flexibility index (Phi) is 14.3. The van der Waals surface area contributed by atoms with Crippen molar-refractivity contribution in [3.8, 4) is 0 Å². The molecule has 0 spiro atoms. The Morgan fingerprint density at radius 3 is 2.05 bits per heavy atom. The highest BCUT2D eigenvalue weighted by Crippen LogP contribution is 2.12. The quantitative estimate of drug-likeness (QED) is 0.339. The molecule has 0 saturated heterocycles. The second kappa shape index (κ2) is 14.8. The number of unbranched alkanes of at least 4 members (excludes halogenated alkanes) is 7. The van der Waals surface area contributed by atoms with Gasteiger partial charge >= 0.3 is 0 Å². The Bertz CT molecular complexity index is 238. The molecule has 0 aromatic heterocycles. The van der Waals surface area contributed by atoms with Crippen molar-refractivity contribution >= 4 is 0 Å². The first kappa shape index (κ1) is 19.4. The Morgan fingerprint density at radius 2 is 1.45 bits per heavy atom. The summed E-state index contributed by atoms with van der Waals surface area (Å²) in [6.45, 7) is 3.37. The molecule has 0 aliphatic heterocycles. The van der Waals surface area contributed by atoms with Crippen LogP contribution in [0.2, 0.25) is 0 Å². The first-order valence-electron chi connectivity index (χ1n) is 7.95. The SMILES string of the molecule is C=CC=CCCCCCCCCCC(O)CC(O)CO. The predicted molar refractivity (Wildman–Crippen MR) is 84.6 cm³/mol. The van der Waals surface area contributed by atoms with Crippen molar-refractivity contribution in [3.63, 3.8) is 0 Å². The van der Waals surface area contributed by atoms with Crippen LogP contribution in [0.1, 0.15) is 64.2 Å². The van der Waals surface area contributed by atoms with E-state index >= 15 is 0 Å². The number of hydrogen-bond donors (Lipinski definition) is 3. The molecule has 0 amide bonds. The molecule has 20 heavy (non-hydrogen) atoms. The minimum absolute atomic E-state index is 0.265. The molecule has 0 rings (SSSR count). The van der Waals surface area contributed by atoms with Crippen LogP contribution in [0.15, 0.2) is 24.8 Å². The lowest BCUT2D eigenvalue weighted by atomic mass is 10.0. The highest BCUT2D eigenvalue weighted by atomic mass is 16.3. The van der Waals surface area contributed by atoms with Gasteiger partial charge in [-0.15, -0.1) is 0 Å². The standard InChI is InChI=1S/C17H32O3/c1-2-3-4-5-6-7-8-9-10-11-12-13-16(19)14-17(20)15-18/h2-4,16-20H,1,5-15H2. The summed E-state index contributed by atoms with van der Waals surface area (Å²) in [6.07, 6.45) is 15.3. The van der Waals surface area contributed by atoms with E-state index in [-0.39, 0.29) is 13.0 Å². The second-order valence-corrected chi connectivity index (χ2v) is 5.44. The normalized spacial score (nSPS) is 14.6. The summed E-state index contributed by atoms with van der Waals surface area (Å²) in [5.74, 6) is 0. The van der Waals surface area contributed by atoms with Gasteiger partial charge in [0.1, 0.15) is 0 Å². The van der Waals surface area contributed by atoms with E-state index in [0.717, 1.165) is 25.7 Å². The number of rotatable bonds is 14. The lowest BCUT2D eigenvalue weighted by Crippen LogP contribution is -2.20. The molecule has 3 nitrogen and oxygen atoms in total. The highest BCUT2D eigenvalue weighted by Gasteiger charge is 2.10. The summed E-state index contributed by atoms with van der Waals surface area (Å²) in [5, 5.41) is 27.5. The maximum Gasteiger partial charge on any atom is 0.0795 e. The van der Waals surface area contributed by atoms with E-state index in [1.807, 2.05) is 12.2 Å². The fraction of sp³-hybridized carbons (Fsp3) is 0.765. The van der Waals surface area contributed by atoms with E-state index in [1.54, 1.807) is 0 Å². The Balaban J connectivity index is 3.20. The van der Waals surface area contributed by atoms with Crippen LogP contribution < -0.4 is 0 Å². The molecule has 3 heteroatoms. The average molecular weight is 284 g/mol. The first-order chi connectivity index (χ1) is 9.70. The van der Waals surface area contributed by atoms with E-state index in [9.17, 15) is 10.2 Å². The Morgan fingerprint density at radius 1 is 0.850 bits per heavy atom. The summed E-state index contributed by atoms with van der Waals surface area (Å²) in [7, 11) is 0. The molecule has 2 atom stereocenters. The van der Waals surface area contributed by atoms with Crippen LogP contribution in [0.4, 0.5) is 0 Å². The van der Waals surface area contributed by atoms with Gasteiger partial charge in [0, 0.05) is 6.42 Å². The second-order valence-electron chi connectivity index (χ2n) is 5.44. The van der Waals surface area contributed by atoms with E-state index in [2.05, 4.69) is 12.7 Å². The largest absolute Gasteiger partial charge is 0.394 e. The van der Waals surface area contributed by atoms with E-state index in [1.165, 1.54) is 32.1 Å². The number of allylic oxidation sites excluding steroid dienone is 3. The van der Waals surface area contributed by atoms with Crippen molar-refractivity contribution < 1.29 is 15.3 Å². The lowest BCUT2D eigenvalue weighted by molar-refractivity contribution is 0.0380. The van der Waals surface area contributed by atoms with Crippen molar-refractivity contribution in [2.45, 2.75) is 76.4 Å². The van der Waals surface area contributed by atoms with Crippen LogP contribution in [0.5, 0.6) is 0 Å². The molecule has 0 aliphatic carbocycles. The zero-order valence-corrected chi connectivity index (χ0v) is 12.7. The van der Waals surface area contributed by atoms with Crippen LogP contribution in [-0.2, 0) is 0 Å². The molecule has 0 aromatic carbocycles. The van der Waals surface area contributed by atoms with E-state index in [4.69, 9.17) is 5.11 Å². The van der Waals surface area contributed by atoms with Crippen molar-refractivity contribution in [1.29, 1.82) is 0 Å². The maximum absolute atomic E-state index is 9.61. The maximum atomic E-state index is 9.61. The van der Waals surface area contributed by atoms with Crippen molar-refractivity contribution in [2.24, 2.45) is 0 Å². The predicted octanol–water partition coefficient (Wildman–Crippen LogP) is 3.34. The Hall–Kier alpha value is -0.640. The van der Waals surface area contributed by atoms with Gasteiger partial charge in [-0.25, -0.2) is 0 Å². The topological polar surface area (TPSA) is 60.7 Å². The number of hydrogen-bond acceptors (Lipinski definition) is 3. The smallest absolute Gasteiger partial charge is 0.0795 e. The fourth-order valence-corrected chi connectivity index (χ4v) is 2.22. The third-order valence-electron chi connectivity index (χ3n) is 3.44. The monoisotopic (exact) mass is 284 g/mol. The van der Waals surface area contributed by atoms with Gasteiger partial charge in [0.15, 0.2) is 0 Å².